The predicted molar refractivity (Wildman–Crippen MR) is 82.3 cm³/mol. The van der Waals surface area contributed by atoms with Crippen LogP contribution in [0.15, 0.2) is 18.2 Å². The molecule has 0 heterocycles. The number of amides is 1. The SMILES string of the molecule is COc1cc(C(=O)NCC2(O)CCCC(C)C2)ccc1N. The van der Waals surface area contributed by atoms with Crippen LogP contribution in [0, 0.1) is 5.92 Å². The van der Waals surface area contributed by atoms with Crippen molar-refractivity contribution >= 4 is 11.6 Å². The summed E-state index contributed by atoms with van der Waals surface area (Å²) in [4.78, 5) is 12.2. The van der Waals surface area contributed by atoms with Crippen molar-refractivity contribution in [3.05, 3.63) is 23.8 Å². The van der Waals surface area contributed by atoms with Crippen molar-refractivity contribution < 1.29 is 14.6 Å². The van der Waals surface area contributed by atoms with Crippen molar-refractivity contribution in [3.63, 3.8) is 0 Å². The standard InChI is InChI=1S/C16H24N2O3/c1-11-4-3-7-16(20,9-11)10-18-15(19)12-5-6-13(17)14(8-12)21-2/h5-6,8,11,20H,3-4,7,9-10,17H2,1-2H3,(H,18,19). The van der Waals surface area contributed by atoms with Crippen LogP contribution in [0.3, 0.4) is 0 Å². The second-order valence-corrected chi connectivity index (χ2v) is 6.07. The number of aliphatic hydroxyl groups is 1. The van der Waals surface area contributed by atoms with E-state index in [1.165, 1.54) is 7.11 Å². The monoisotopic (exact) mass is 292 g/mol. The van der Waals surface area contributed by atoms with Crippen molar-refractivity contribution in [2.45, 2.75) is 38.2 Å². The summed E-state index contributed by atoms with van der Waals surface area (Å²) >= 11 is 0. The molecular weight excluding hydrogens is 268 g/mol. The van der Waals surface area contributed by atoms with Gasteiger partial charge in [-0.25, -0.2) is 0 Å². The lowest BCUT2D eigenvalue weighted by Gasteiger charge is -2.35. The number of anilines is 1. The number of rotatable bonds is 4. The molecule has 0 saturated heterocycles. The van der Waals surface area contributed by atoms with Crippen LogP contribution in [0.4, 0.5) is 5.69 Å². The van der Waals surface area contributed by atoms with Gasteiger partial charge in [-0.1, -0.05) is 19.8 Å². The van der Waals surface area contributed by atoms with Crippen molar-refractivity contribution in [1.29, 1.82) is 0 Å². The summed E-state index contributed by atoms with van der Waals surface area (Å²) in [6.07, 6.45) is 3.62. The third-order valence-electron chi connectivity index (χ3n) is 4.14. The van der Waals surface area contributed by atoms with E-state index in [4.69, 9.17) is 10.5 Å². The Bertz CT molecular complexity index is 518. The van der Waals surface area contributed by atoms with Gasteiger partial charge < -0.3 is 20.9 Å². The summed E-state index contributed by atoms with van der Waals surface area (Å²) in [5.74, 6) is 0.755. The van der Waals surface area contributed by atoms with Gasteiger partial charge in [0.15, 0.2) is 0 Å². The number of nitrogens with one attached hydrogen (secondary N) is 1. The largest absolute Gasteiger partial charge is 0.495 e. The molecule has 4 N–H and O–H groups in total. The highest BCUT2D eigenvalue weighted by molar-refractivity contribution is 5.95. The molecule has 1 saturated carbocycles. The Morgan fingerprint density at radius 3 is 3.00 bits per heavy atom. The van der Waals surface area contributed by atoms with E-state index in [9.17, 15) is 9.90 Å². The van der Waals surface area contributed by atoms with E-state index < -0.39 is 5.60 Å². The van der Waals surface area contributed by atoms with Gasteiger partial charge in [-0.3, -0.25) is 4.79 Å². The van der Waals surface area contributed by atoms with Gasteiger partial charge in [0, 0.05) is 12.1 Å². The molecule has 0 spiro atoms. The molecule has 5 heteroatoms. The number of ether oxygens (including phenoxy) is 1. The number of carbonyl (C=O) groups is 1. The molecule has 2 atom stereocenters. The fourth-order valence-electron chi connectivity index (χ4n) is 2.99. The molecule has 2 unspecified atom stereocenters. The fourth-order valence-corrected chi connectivity index (χ4v) is 2.99. The summed E-state index contributed by atoms with van der Waals surface area (Å²) in [6.45, 7) is 2.42. The Morgan fingerprint density at radius 2 is 2.33 bits per heavy atom. The maximum Gasteiger partial charge on any atom is 0.251 e. The molecule has 1 aromatic carbocycles. The summed E-state index contributed by atoms with van der Waals surface area (Å²) < 4.78 is 5.11. The Kier molecular flexibility index (Phi) is 4.73. The van der Waals surface area contributed by atoms with Crippen LogP contribution in [-0.4, -0.2) is 30.3 Å². The molecule has 1 aromatic rings. The summed E-state index contributed by atoms with van der Waals surface area (Å²) in [5.41, 5.74) is 5.92. The molecule has 0 aromatic heterocycles. The van der Waals surface area contributed by atoms with Gasteiger partial charge in [0.2, 0.25) is 0 Å². The first kappa shape index (κ1) is 15.6. The van der Waals surface area contributed by atoms with Gasteiger partial charge in [0.05, 0.1) is 18.4 Å². The fraction of sp³-hybridized carbons (Fsp3) is 0.562. The van der Waals surface area contributed by atoms with Crippen LogP contribution in [0.2, 0.25) is 0 Å². The number of carbonyl (C=O) groups excluding carboxylic acids is 1. The maximum atomic E-state index is 12.2. The van der Waals surface area contributed by atoms with E-state index in [1.54, 1.807) is 18.2 Å². The first-order chi connectivity index (χ1) is 9.93. The number of hydrogen-bond donors (Lipinski definition) is 3. The molecule has 1 fully saturated rings. The minimum Gasteiger partial charge on any atom is -0.495 e. The second kappa shape index (κ2) is 6.35. The number of methoxy groups -OCH3 is 1. The number of nitrogens with two attached hydrogens (primary N) is 1. The van der Waals surface area contributed by atoms with E-state index in [0.29, 0.717) is 22.9 Å². The molecule has 5 nitrogen and oxygen atoms in total. The molecule has 1 aliphatic carbocycles. The zero-order chi connectivity index (χ0) is 15.5. The van der Waals surface area contributed by atoms with Gasteiger partial charge >= 0.3 is 0 Å². The van der Waals surface area contributed by atoms with Crippen molar-refractivity contribution in [3.8, 4) is 5.75 Å². The normalized spacial score (nSPS) is 25.4. The molecule has 0 bridgehead atoms. The molecule has 1 aliphatic rings. The predicted octanol–water partition coefficient (Wildman–Crippen LogP) is 1.95. The third-order valence-corrected chi connectivity index (χ3v) is 4.14. The Hall–Kier alpha value is -1.75. The lowest BCUT2D eigenvalue weighted by molar-refractivity contribution is -0.0109. The third kappa shape index (κ3) is 3.88. The highest BCUT2D eigenvalue weighted by Crippen LogP contribution is 2.31. The highest BCUT2D eigenvalue weighted by Gasteiger charge is 2.32. The molecule has 1 amide bonds. The minimum absolute atomic E-state index is 0.222. The van der Waals surface area contributed by atoms with E-state index in [1.807, 2.05) is 0 Å². The molecule has 2 rings (SSSR count). The van der Waals surface area contributed by atoms with Gasteiger partial charge in [-0.15, -0.1) is 0 Å². The van der Waals surface area contributed by atoms with Crippen molar-refractivity contribution in [1.82, 2.24) is 5.32 Å². The Morgan fingerprint density at radius 1 is 1.57 bits per heavy atom. The average Bonchev–Trinajstić information content (AvgIpc) is 2.45. The number of hydrogen-bond acceptors (Lipinski definition) is 4. The maximum absolute atomic E-state index is 12.2. The lowest BCUT2D eigenvalue weighted by atomic mass is 9.79. The first-order valence-corrected chi connectivity index (χ1v) is 7.37. The molecular formula is C16H24N2O3. The topological polar surface area (TPSA) is 84.6 Å². The summed E-state index contributed by atoms with van der Waals surface area (Å²) in [6, 6.07) is 4.91. The van der Waals surface area contributed by atoms with Crippen molar-refractivity contribution in [2.75, 3.05) is 19.4 Å². The van der Waals surface area contributed by atoms with Crippen LogP contribution >= 0.6 is 0 Å². The summed E-state index contributed by atoms with van der Waals surface area (Å²) in [7, 11) is 1.51. The highest BCUT2D eigenvalue weighted by atomic mass is 16.5. The van der Waals surface area contributed by atoms with E-state index >= 15 is 0 Å². The van der Waals surface area contributed by atoms with Crippen LogP contribution < -0.4 is 15.8 Å². The lowest BCUT2D eigenvalue weighted by Crippen LogP contribution is -2.45. The van der Waals surface area contributed by atoms with Gasteiger partial charge in [0.25, 0.3) is 5.91 Å². The summed E-state index contributed by atoms with van der Waals surface area (Å²) in [5, 5.41) is 13.3. The Balaban J connectivity index is 1.98. The van der Waals surface area contributed by atoms with E-state index in [-0.39, 0.29) is 12.5 Å². The molecule has 0 radical (unpaired) electrons. The van der Waals surface area contributed by atoms with Crippen molar-refractivity contribution in [2.24, 2.45) is 5.92 Å². The van der Waals surface area contributed by atoms with Gasteiger partial charge in [-0.2, -0.15) is 0 Å². The first-order valence-electron chi connectivity index (χ1n) is 7.37. The van der Waals surface area contributed by atoms with Crippen LogP contribution in [0.1, 0.15) is 43.0 Å². The van der Waals surface area contributed by atoms with Gasteiger partial charge in [-0.05, 0) is 37.0 Å². The zero-order valence-electron chi connectivity index (χ0n) is 12.7. The second-order valence-electron chi connectivity index (χ2n) is 6.07. The minimum atomic E-state index is -0.786. The van der Waals surface area contributed by atoms with E-state index in [2.05, 4.69) is 12.2 Å². The zero-order valence-corrected chi connectivity index (χ0v) is 12.7. The molecule has 0 aliphatic heterocycles. The smallest absolute Gasteiger partial charge is 0.251 e. The number of nitrogen functional groups attached to an aromatic ring is 1. The quantitative estimate of drug-likeness (QED) is 0.741. The van der Waals surface area contributed by atoms with Crippen LogP contribution in [0.25, 0.3) is 0 Å². The molecule has 116 valence electrons. The van der Waals surface area contributed by atoms with Crippen LogP contribution in [0.5, 0.6) is 5.75 Å². The number of benzene rings is 1. The van der Waals surface area contributed by atoms with Crippen LogP contribution in [-0.2, 0) is 0 Å². The molecule has 21 heavy (non-hydrogen) atoms. The van der Waals surface area contributed by atoms with Gasteiger partial charge in [0.1, 0.15) is 5.75 Å². The van der Waals surface area contributed by atoms with E-state index in [0.717, 1.165) is 25.7 Å². The average molecular weight is 292 g/mol. The Labute approximate surface area is 125 Å².